The largest absolute Gasteiger partial charge is 0.504 e. The maximum absolute atomic E-state index is 13.3. The second-order valence-corrected chi connectivity index (χ2v) is 8.43. The maximum atomic E-state index is 13.3. The number of para-hydroxylation sites is 1. The summed E-state index contributed by atoms with van der Waals surface area (Å²) in [5.41, 5.74) is 4.04. The molecule has 0 aliphatic carbocycles. The van der Waals surface area contributed by atoms with Crippen LogP contribution >= 0.6 is 11.8 Å². The number of hydrogen-bond donors (Lipinski definition) is 2. The first kappa shape index (κ1) is 24.8. The first-order valence-electron chi connectivity index (χ1n) is 11.1. The topological polar surface area (TPSA) is 115 Å². The zero-order chi connectivity index (χ0) is 25.5. The van der Waals surface area contributed by atoms with Gasteiger partial charge >= 0.3 is 0 Å². The summed E-state index contributed by atoms with van der Waals surface area (Å²) in [6.45, 7) is 2.23. The van der Waals surface area contributed by atoms with Crippen LogP contribution in [0.2, 0.25) is 0 Å². The Bertz CT molecular complexity index is 1470. The van der Waals surface area contributed by atoms with E-state index >= 15 is 0 Å². The van der Waals surface area contributed by atoms with Gasteiger partial charge in [-0.1, -0.05) is 23.9 Å². The number of nitrogens with zero attached hydrogens (tertiary/aromatic N) is 3. The lowest BCUT2D eigenvalue weighted by atomic mass is 10.2. The van der Waals surface area contributed by atoms with Crippen LogP contribution in [0.15, 0.2) is 81.8 Å². The number of fused-ring (bicyclic) bond motifs is 1. The number of hydrazone groups is 1. The van der Waals surface area contributed by atoms with Crippen molar-refractivity contribution in [2.24, 2.45) is 5.10 Å². The summed E-state index contributed by atoms with van der Waals surface area (Å²) in [5, 5.41) is 14.6. The summed E-state index contributed by atoms with van der Waals surface area (Å²) in [6.07, 6.45) is 1.45. The predicted octanol–water partition coefficient (Wildman–Crippen LogP) is 3.74. The number of ether oxygens (including phenoxy) is 2. The Morgan fingerprint density at radius 1 is 1.17 bits per heavy atom. The third-order valence-electron chi connectivity index (χ3n) is 5.09. The molecule has 0 aliphatic heterocycles. The molecule has 0 aliphatic rings. The van der Waals surface area contributed by atoms with Gasteiger partial charge in [0.05, 0.1) is 42.3 Å². The molecule has 0 saturated heterocycles. The number of hydrogen-bond acceptors (Lipinski definition) is 8. The van der Waals surface area contributed by atoms with Crippen molar-refractivity contribution in [2.75, 3.05) is 19.5 Å². The average Bonchev–Trinajstić information content (AvgIpc) is 2.90. The molecule has 9 nitrogen and oxygen atoms in total. The molecule has 10 heteroatoms. The molecule has 1 amide bonds. The molecule has 4 rings (SSSR count). The van der Waals surface area contributed by atoms with Gasteiger partial charge in [-0.05, 0) is 67.1 Å². The number of methoxy groups -OCH3 is 1. The van der Waals surface area contributed by atoms with Crippen LogP contribution in [0.4, 0.5) is 0 Å². The van der Waals surface area contributed by atoms with Crippen LogP contribution in [0.3, 0.4) is 0 Å². The van der Waals surface area contributed by atoms with E-state index < -0.39 is 0 Å². The molecule has 4 aromatic rings. The number of carbonyl (C=O) groups excluding carboxylic acids is 1. The molecule has 0 bridgehead atoms. The van der Waals surface area contributed by atoms with E-state index in [-0.39, 0.29) is 23.0 Å². The molecular formula is C26H24N4O5S. The molecule has 0 atom stereocenters. The van der Waals surface area contributed by atoms with Crippen LogP contribution in [0.1, 0.15) is 12.5 Å². The van der Waals surface area contributed by atoms with E-state index in [0.717, 1.165) is 11.8 Å². The van der Waals surface area contributed by atoms with Gasteiger partial charge < -0.3 is 14.6 Å². The van der Waals surface area contributed by atoms with Crippen LogP contribution in [-0.2, 0) is 4.79 Å². The monoisotopic (exact) mass is 504 g/mol. The molecule has 184 valence electrons. The highest BCUT2D eigenvalue weighted by atomic mass is 32.2. The number of aromatic hydroxyl groups is 1. The van der Waals surface area contributed by atoms with Gasteiger partial charge in [0.1, 0.15) is 5.75 Å². The van der Waals surface area contributed by atoms with Crippen LogP contribution in [0.5, 0.6) is 17.2 Å². The number of phenols is 1. The molecule has 0 spiro atoms. The Morgan fingerprint density at radius 3 is 2.69 bits per heavy atom. The van der Waals surface area contributed by atoms with Crippen molar-refractivity contribution in [3.63, 3.8) is 0 Å². The van der Waals surface area contributed by atoms with E-state index in [1.165, 1.54) is 16.8 Å². The lowest BCUT2D eigenvalue weighted by Gasteiger charge is -2.13. The van der Waals surface area contributed by atoms with Gasteiger partial charge in [-0.15, -0.1) is 0 Å². The molecule has 0 fully saturated rings. The summed E-state index contributed by atoms with van der Waals surface area (Å²) in [6, 6.07) is 18.9. The van der Waals surface area contributed by atoms with Crippen molar-refractivity contribution in [1.29, 1.82) is 0 Å². The normalized spacial score (nSPS) is 11.1. The van der Waals surface area contributed by atoms with Crippen LogP contribution in [-0.4, -0.2) is 46.2 Å². The van der Waals surface area contributed by atoms with Gasteiger partial charge in [-0.2, -0.15) is 5.10 Å². The summed E-state index contributed by atoms with van der Waals surface area (Å²) in [5.74, 6) is 0.637. The quantitative estimate of drug-likeness (QED) is 0.154. The minimum absolute atomic E-state index is 0.0158. The molecule has 0 unspecified atom stereocenters. The van der Waals surface area contributed by atoms with Crippen LogP contribution in [0, 0.1) is 0 Å². The Kier molecular flexibility index (Phi) is 7.86. The Balaban J connectivity index is 1.52. The minimum Gasteiger partial charge on any atom is -0.504 e. The number of thioether (sulfide) groups is 1. The van der Waals surface area contributed by atoms with Gasteiger partial charge in [0.2, 0.25) is 0 Å². The standard InChI is InChI=1S/C26H24N4O5S/c1-3-35-23-14-17(8-13-22(23)31)15-27-29-24(32)16-36-26-28-21-7-5-4-6-20(21)25(33)30(26)18-9-11-19(34-2)12-10-18/h4-15,31H,3,16H2,1-2H3,(H,29,32). The number of phenolic OH excluding ortho intramolecular Hbond substituents is 1. The van der Waals surface area contributed by atoms with Crippen molar-refractivity contribution in [2.45, 2.75) is 12.1 Å². The zero-order valence-corrected chi connectivity index (χ0v) is 20.5. The van der Waals surface area contributed by atoms with Crippen molar-refractivity contribution in [3.8, 4) is 22.9 Å². The van der Waals surface area contributed by atoms with Crippen LogP contribution < -0.4 is 20.5 Å². The number of amides is 1. The van der Waals surface area contributed by atoms with E-state index in [0.29, 0.717) is 45.4 Å². The molecule has 1 aromatic heterocycles. The van der Waals surface area contributed by atoms with Crippen molar-refractivity contribution in [3.05, 3.63) is 82.6 Å². The van der Waals surface area contributed by atoms with Gasteiger partial charge in [0, 0.05) is 0 Å². The summed E-state index contributed by atoms with van der Waals surface area (Å²) < 4.78 is 12.0. The molecule has 36 heavy (non-hydrogen) atoms. The predicted molar refractivity (Wildman–Crippen MR) is 140 cm³/mol. The third-order valence-corrected chi connectivity index (χ3v) is 6.03. The van der Waals surface area contributed by atoms with E-state index in [1.54, 1.807) is 61.7 Å². The number of nitrogens with one attached hydrogen (secondary N) is 1. The Labute approximate surface area is 211 Å². The average molecular weight is 505 g/mol. The number of aromatic nitrogens is 2. The van der Waals surface area contributed by atoms with E-state index in [4.69, 9.17) is 9.47 Å². The fraction of sp³-hybridized carbons (Fsp3) is 0.154. The number of benzene rings is 3. The minimum atomic E-state index is -0.372. The first-order valence-corrected chi connectivity index (χ1v) is 12.1. The summed E-state index contributed by atoms with van der Waals surface area (Å²) in [7, 11) is 1.57. The number of rotatable bonds is 9. The van der Waals surface area contributed by atoms with Crippen molar-refractivity contribution < 1.29 is 19.4 Å². The molecule has 0 saturated carbocycles. The Morgan fingerprint density at radius 2 is 1.94 bits per heavy atom. The van der Waals surface area contributed by atoms with E-state index in [2.05, 4.69) is 15.5 Å². The molecule has 3 aromatic carbocycles. The molecular weight excluding hydrogens is 480 g/mol. The van der Waals surface area contributed by atoms with Gasteiger partial charge in [-0.3, -0.25) is 14.2 Å². The highest BCUT2D eigenvalue weighted by Gasteiger charge is 2.15. The maximum Gasteiger partial charge on any atom is 0.266 e. The highest BCUT2D eigenvalue weighted by molar-refractivity contribution is 7.99. The third kappa shape index (κ3) is 5.66. The molecule has 0 radical (unpaired) electrons. The SMILES string of the molecule is CCOc1cc(C=NNC(=O)CSc2nc3ccccc3c(=O)n2-c2ccc(OC)cc2)ccc1O. The zero-order valence-electron chi connectivity index (χ0n) is 19.7. The van der Waals surface area contributed by atoms with Gasteiger partial charge in [0.15, 0.2) is 16.7 Å². The lowest BCUT2D eigenvalue weighted by Crippen LogP contribution is -2.24. The molecule has 1 heterocycles. The lowest BCUT2D eigenvalue weighted by molar-refractivity contribution is -0.118. The summed E-state index contributed by atoms with van der Waals surface area (Å²) in [4.78, 5) is 30.4. The summed E-state index contributed by atoms with van der Waals surface area (Å²) >= 11 is 1.13. The van der Waals surface area contributed by atoms with Gasteiger partial charge in [-0.25, -0.2) is 10.4 Å². The van der Waals surface area contributed by atoms with E-state index in [9.17, 15) is 14.7 Å². The first-order chi connectivity index (χ1) is 17.5. The second-order valence-electron chi connectivity index (χ2n) is 7.49. The molecule has 2 N–H and O–H groups in total. The Hall–Kier alpha value is -4.31. The number of carbonyl (C=O) groups is 1. The van der Waals surface area contributed by atoms with E-state index in [1.807, 2.05) is 13.0 Å². The fourth-order valence-electron chi connectivity index (χ4n) is 3.39. The van der Waals surface area contributed by atoms with Crippen molar-refractivity contribution >= 4 is 34.8 Å². The fourth-order valence-corrected chi connectivity index (χ4v) is 4.20. The van der Waals surface area contributed by atoms with Crippen LogP contribution in [0.25, 0.3) is 16.6 Å². The highest BCUT2D eigenvalue weighted by Crippen LogP contribution is 2.26. The second kappa shape index (κ2) is 11.4. The smallest absolute Gasteiger partial charge is 0.266 e. The van der Waals surface area contributed by atoms with Crippen molar-refractivity contribution in [1.82, 2.24) is 15.0 Å². The van der Waals surface area contributed by atoms with Gasteiger partial charge in [0.25, 0.3) is 11.5 Å².